The molecule has 132 valence electrons. The van der Waals surface area contributed by atoms with Crippen LogP contribution < -0.4 is 15.5 Å². The van der Waals surface area contributed by atoms with Gasteiger partial charge in [-0.05, 0) is 25.5 Å². The lowest BCUT2D eigenvalue weighted by atomic mass is 10.0. The molecule has 0 aliphatic carbocycles. The zero-order valence-electron chi connectivity index (χ0n) is 14.2. The van der Waals surface area contributed by atoms with Crippen LogP contribution in [-0.2, 0) is 16.1 Å². The van der Waals surface area contributed by atoms with Gasteiger partial charge in [-0.25, -0.2) is 0 Å². The van der Waals surface area contributed by atoms with E-state index in [4.69, 9.17) is 0 Å². The molecule has 3 amide bonds. The lowest BCUT2D eigenvalue weighted by molar-refractivity contribution is -0.136. The minimum absolute atomic E-state index is 0.116. The molecule has 1 aromatic rings. The second-order valence-corrected chi connectivity index (χ2v) is 7.00. The number of carbonyl (C=O) groups excluding carboxylic acids is 3. The van der Waals surface area contributed by atoms with Gasteiger partial charge in [0.2, 0.25) is 11.8 Å². The van der Waals surface area contributed by atoms with E-state index in [0.717, 1.165) is 30.9 Å². The molecular weight excluding hydrogens is 320 g/mol. The molecule has 2 saturated heterocycles. The lowest BCUT2D eigenvalue weighted by Gasteiger charge is -2.35. The quantitative estimate of drug-likeness (QED) is 0.753. The van der Waals surface area contributed by atoms with Crippen LogP contribution >= 0.6 is 0 Å². The highest BCUT2D eigenvalue weighted by atomic mass is 16.2. The van der Waals surface area contributed by atoms with E-state index >= 15 is 0 Å². The van der Waals surface area contributed by atoms with Crippen molar-refractivity contribution in [1.82, 2.24) is 15.5 Å². The van der Waals surface area contributed by atoms with Gasteiger partial charge in [0.25, 0.3) is 5.91 Å². The zero-order valence-corrected chi connectivity index (χ0v) is 14.2. The molecule has 7 nitrogen and oxygen atoms in total. The molecule has 3 heterocycles. The third kappa shape index (κ3) is 2.78. The smallest absolute Gasteiger partial charge is 0.255 e. The van der Waals surface area contributed by atoms with E-state index in [1.165, 1.54) is 0 Å². The Bertz CT molecular complexity index is 748. The van der Waals surface area contributed by atoms with Gasteiger partial charge in [-0.15, -0.1) is 0 Å². The van der Waals surface area contributed by atoms with E-state index in [9.17, 15) is 14.4 Å². The summed E-state index contributed by atoms with van der Waals surface area (Å²) < 4.78 is 0. The second-order valence-electron chi connectivity index (χ2n) is 7.00. The molecule has 3 aliphatic rings. The minimum atomic E-state index is -0.563. The van der Waals surface area contributed by atoms with Crippen molar-refractivity contribution >= 4 is 23.4 Å². The van der Waals surface area contributed by atoms with E-state index in [0.29, 0.717) is 24.6 Å². The van der Waals surface area contributed by atoms with E-state index in [1.54, 1.807) is 4.90 Å². The number of piperidine rings is 1. The van der Waals surface area contributed by atoms with Crippen LogP contribution in [0.2, 0.25) is 0 Å². The summed E-state index contributed by atoms with van der Waals surface area (Å²) in [5, 5.41) is 5.77. The van der Waals surface area contributed by atoms with Crippen molar-refractivity contribution in [3.63, 3.8) is 0 Å². The number of carbonyl (C=O) groups is 3. The van der Waals surface area contributed by atoms with Gasteiger partial charge in [0.1, 0.15) is 6.04 Å². The Labute approximate surface area is 146 Å². The van der Waals surface area contributed by atoms with Crippen LogP contribution in [-0.4, -0.2) is 54.3 Å². The Balaban J connectivity index is 1.62. The summed E-state index contributed by atoms with van der Waals surface area (Å²) in [6, 6.07) is 5.63. The number of benzene rings is 1. The number of rotatable bonds is 2. The number of fused-ring (bicyclic) bond motifs is 1. The normalized spacial score (nSPS) is 26.7. The summed E-state index contributed by atoms with van der Waals surface area (Å²) in [4.78, 5) is 40.3. The molecule has 0 spiro atoms. The molecule has 7 heteroatoms. The van der Waals surface area contributed by atoms with Gasteiger partial charge in [-0.1, -0.05) is 6.07 Å². The second kappa shape index (κ2) is 6.15. The largest absolute Gasteiger partial charge is 0.368 e. The molecule has 0 radical (unpaired) electrons. The van der Waals surface area contributed by atoms with Crippen molar-refractivity contribution in [3.05, 3.63) is 29.3 Å². The molecule has 2 atom stereocenters. The van der Waals surface area contributed by atoms with Crippen molar-refractivity contribution in [2.24, 2.45) is 0 Å². The Hall–Kier alpha value is -2.41. The molecule has 1 unspecified atom stereocenters. The average Bonchev–Trinajstić information content (AvgIpc) is 2.92. The third-order valence-electron chi connectivity index (χ3n) is 5.27. The highest BCUT2D eigenvalue weighted by Gasteiger charge is 2.40. The summed E-state index contributed by atoms with van der Waals surface area (Å²) in [5.74, 6) is -0.745. The van der Waals surface area contributed by atoms with Crippen LogP contribution in [0.3, 0.4) is 0 Å². The first-order chi connectivity index (χ1) is 12.0. The van der Waals surface area contributed by atoms with Gasteiger partial charge in [-0.3, -0.25) is 19.7 Å². The number of anilines is 1. The summed E-state index contributed by atoms with van der Waals surface area (Å²) >= 11 is 0. The monoisotopic (exact) mass is 342 g/mol. The van der Waals surface area contributed by atoms with E-state index in [2.05, 4.69) is 28.5 Å². The van der Waals surface area contributed by atoms with Crippen molar-refractivity contribution in [3.8, 4) is 0 Å². The van der Waals surface area contributed by atoms with Crippen LogP contribution in [0.5, 0.6) is 0 Å². The topological polar surface area (TPSA) is 81.8 Å². The fourth-order valence-corrected chi connectivity index (χ4v) is 4.02. The van der Waals surface area contributed by atoms with Gasteiger partial charge in [-0.2, -0.15) is 0 Å². The predicted octanol–water partition coefficient (Wildman–Crippen LogP) is 0.246. The highest BCUT2D eigenvalue weighted by molar-refractivity contribution is 6.06. The number of hydrogen-bond acceptors (Lipinski definition) is 5. The summed E-state index contributed by atoms with van der Waals surface area (Å²) in [6.45, 7) is 5.27. The molecule has 2 fully saturated rings. The maximum atomic E-state index is 12.9. The first-order valence-electron chi connectivity index (χ1n) is 8.79. The Morgan fingerprint density at radius 3 is 2.80 bits per heavy atom. The van der Waals surface area contributed by atoms with Crippen LogP contribution in [0.15, 0.2) is 18.2 Å². The summed E-state index contributed by atoms with van der Waals surface area (Å²) in [7, 11) is 0. The zero-order chi connectivity index (χ0) is 17.6. The van der Waals surface area contributed by atoms with Crippen molar-refractivity contribution in [2.45, 2.75) is 38.4 Å². The van der Waals surface area contributed by atoms with E-state index in [1.807, 2.05) is 12.1 Å². The first kappa shape index (κ1) is 16.1. The summed E-state index contributed by atoms with van der Waals surface area (Å²) in [6.07, 6.45) is 0.670. The molecule has 1 aromatic carbocycles. The maximum Gasteiger partial charge on any atom is 0.255 e. The van der Waals surface area contributed by atoms with Crippen LogP contribution in [0.25, 0.3) is 0 Å². The Morgan fingerprint density at radius 1 is 1.20 bits per heavy atom. The number of amides is 3. The predicted molar refractivity (Wildman–Crippen MR) is 92.2 cm³/mol. The molecule has 0 saturated carbocycles. The Kier molecular flexibility index (Phi) is 3.95. The van der Waals surface area contributed by atoms with Crippen LogP contribution in [0, 0.1) is 0 Å². The molecular formula is C18H22N4O3. The van der Waals surface area contributed by atoms with Gasteiger partial charge < -0.3 is 15.1 Å². The molecule has 0 aromatic heterocycles. The lowest BCUT2D eigenvalue weighted by Crippen LogP contribution is -2.52. The number of imide groups is 1. The van der Waals surface area contributed by atoms with Gasteiger partial charge in [0.15, 0.2) is 0 Å². The average molecular weight is 342 g/mol. The van der Waals surface area contributed by atoms with Crippen LogP contribution in [0.4, 0.5) is 5.69 Å². The molecule has 2 N–H and O–H groups in total. The molecule has 4 rings (SSSR count). The fraction of sp³-hybridized carbons (Fsp3) is 0.500. The SMILES string of the molecule is C[C@@H]1CN(c2cccc3c2CN(C2CCC(=O)NC2=O)C3=O)CCN1. The number of nitrogens with zero attached hydrogens (tertiary/aromatic N) is 2. The van der Waals surface area contributed by atoms with Gasteiger partial charge >= 0.3 is 0 Å². The van der Waals surface area contributed by atoms with E-state index < -0.39 is 6.04 Å². The Morgan fingerprint density at radius 2 is 2.04 bits per heavy atom. The minimum Gasteiger partial charge on any atom is -0.368 e. The molecule has 3 aliphatic heterocycles. The van der Waals surface area contributed by atoms with Crippen molar-refractivity contribution in [2.75, 3.05) is 24.5 Å². The van der Waals surface area contributed by atoms with E-state index in [-0.39, 0.29) is 24.1 Å². The maximum absolute atomic E-state index is 12.9. The summed E-state index contributed by atoms with van der Waals surface area (Å²) in [5.41, 5.74) is 2.74. The van der Waals surface area contributed by atoms with Gasteiger partial charge in [0, 0.05) is 55.5 Å². The van der Waals surface area contributed by atoms with Crippen molar-refractivity contribution < 1.29 is 14.4 Å². The van der Waals surface area contributed by atoms with Crippen LogP contribution in [0.1, 0.15) is 35.7 Å². The third-order valence-corrected chi connectivity index (χ3v) is 5.27. The fourth-order valence-electron chi connectivity index (χ4n) is 4.02. The van der Waals surface area contributed by atoms with Gasteiger partial charge in [0.05, 0.1) is 0 Å². The molecule has 0 bridgehead atoms. The number of hydrogen-bond donors (Lipinski definition) is 2. The van der Waals surface area contributed by atoms with Crippen molar-refractivity contribution in [1.29, 1.82) is 0 Å². The first-order valence-corrected chi connectivity index (χ1v) is 8.79. The number of piperazine rings is 1. The number of nitrogens with one attached hydrogen (secondary N) is 2. The molecule has 25 heavy (non-hydrogen) atoms. The highest BCUT2D eigenvalue weighted by Crippen LogP contribution is 2.34. The standard InChI is InChI=1S/C18H22N4O3/c1-11-9-21(8-7-19-11)14-4-2-3-12-13(14)10-22(18(12)25)15-5-6-16(23)20-17(15)24/h2-4,11,15,19H,5-10H2,1H3,(H,20,23,24)/t11-,15?/m1/s1.